The minimum atomic E-state index is -3.69. The van der Waals surface area contributed by atoms with E-state index in [0.29, 0.717) is 29.2 Å². The van der Waals surface area contributed by atoms with Gasteiger partial charge in [-0.25, -0.2) is 23.1 Å². The molecule has 0 aliphatic heterocycles. The van der Waals surface area contributed by atoms with Crippen molar-refractivity contribution < 1.29 is 32.9 Å². The summed E-state index contributed by atoms with van der Waals surface area (Å²) < 4.78 is 55.3. The SMILES string of the molecule is COCCOc1cc2c(N[C@H](C)C3=CC=CC(C(F)(F)C(C)(C)O)C3F)nc(C)nc2cc1O. The third-order valence-electron chi connectivity index (χ3n) is 5.76. The number of rotatable bonds is 9. The number of halogens is 3. The Morgan fingerprint density at radius 2 is 1.91 bits per heavy atom. The van der Waals surface area contributed by atoms with Gasteiger partial charge in [0, 0.05) is 24.6 Å². The van der Waals surface area contributed by atoms with Crippen LogP contribution >= 0.6 is 0 Å². The molecule has 7 nitrogen and oxygen atoms in total. The quantitative estimate of drug-likeness (QED) is 0.459. The zero-order chi connectivity index (χ0) is 25.3. The van der Waals surface area contributed by atoms with Crippen LogP contribution in [0.25, 0.3) is 10.9 Å². The van der Waals surface area contributed by atoms with E-state index in [-0.39, 0.29) is 23.7 Å². The lowest BCUT2D eigenvalue weighted by molar-refractivity contribution is -0.193. The van der Waals surface area contributed by atoms with Gasteiger partial charge in [-0.15, -0.1) is 0 Å². The largest absolute Gasteiger partial charge is 0.504 e. The number of ether oxygens (including phenoxy) is 2. The maximum absolute atomic E-state index is 15.3. The number of phenolic OH excluding ortho intramolecular Hbond substituents is 1. The van der Waals surface area contributed by atoms with Gasteiger partial charge in [-0.2, -0.15) is 0 Å². The molecule has 1 aromatic carbocycles. The number of alkyl halides is 3. The first kappa shape index (κ1) is 25.8. The topological polar surface area (TPSA) is 96.7 Å². The molecule has 0 saturated heterocycles. The molecule has 186 valence electrons. The molecule has 1 aromatic heterocycles. The molecule has 1 aliphatic carbocycles. The van der Waals surface area contributed by atoms with Crippen molar-refractivity contribution in [2.24, 2.45) is 5.92 Å². The molecule has 1 heterocycles. The molecule has 0 bridgehead atoms. The van der Waals surface area contributed by atoms with E-state index in [4.69, 9.17) is 9.47 Å². The first-order valence-corrected chi connectivity index (χ1v) is 10.9. The van der Waals surface area contributed by atoms with Crippen molar-refractivity contribution in [1.29, 1.82) is 0 Å². The Bertz CT molecular complexity index is 1100. The molecule has 0 spiro atoms. The van der Waals surface area contributed by atoms with Gasteiger partial charge in [0.15, 0.2) is 11.5 Å². The number of aromatic nitrogens is 2. The van der Waals surface area contributed by atoms with Crippen molar-refractivity contribution in [2.45, 2.75) is 51.4 Å². The van der Waals surface area contributed by atoms with E-state index in [1.165, 1.54) is 25.3 Å². The lowest BCUT2D eigenvalue weighted by Gasteiger charge is -2.38. The lowest BCUT2D eigenvalue weighted by Crippen LogP contribution is -2.52. The Morgan fingerprint density at radius 3 is 2.56 bits per heavy atom. The average Bonchev–Trinajstić information content (AvgIpc) is 2.73. The number of nitrogens with zero attached hydrogens (tertiary/aromatic N) is 2. The number of fused-ring (bicyclic) bond motifs is 1. The molecule has 3 rings (SSSR count). The molecule has 1 aliphatic rings. The van der Waals surface area contributed by atoms with Gasteiger partial charge in [0.05, 0.1) is 18.0 Å². The monoisotopic (exact) mass is 481 g/mol. The predicted octanol–water partition coefficient (Wildman–Crippen LogP) is 4.33. The summed E-state index contributed by atoms with van der Waals surface area (Å²) in [6.07, 6.45) is 1.87. The van der Waals surface area contributed by atoms with Crippen LogP contribution in [0.4, 0.5) is 19.0 Å². The van der Waals surface area contributed by atoms with Crippen molar-refractivity contribution in [3.8, 4) is 11.5 Å². The first-order valence-electron chi connectivity index (χ1n) is 10.9. The fourth-order valence-corrected chi connectivity index (χ4v) is 3.79. The highest BCUT2D eigenvalue weighted by atomic mass is 19.3. The fraction of sp³-hybridized carbons (Fsp3) is 0.500. The molecule has 3 atom stereocenters. The number of allylic oxidation sites excluding steroid dienone is 3. The maximum Gasteiger partial charge on any atom is 0.284 e. The number of hydrogen-bond acceptors (Lipinski definition) is 7. The van der Waals surface area contributed by atoms with Gasteiger partial charge >= 0.3 is 0 Å². The van der Waals surface area contributed by atoms with Crippen LogP contribution in [0.2, 0.25) is 0 Å². The standard InChI is InChI=1S/C24H30F3N3O4/c1-13(15-7-6-8-17(21(15)25)24(26,27)23(3,4)32)28-22-16-11-20(34-10-9-33-5)19(31)12-18(16)29-14(2)30-22/h6-8,11-13,17,21,31-32H,9-10H2,1-5H3,(H,28,29,30)/t13-,17?,21?/m1/s1. The van der Waals surface area contributed by atoms with Crippen LogP contribution in [0.5, 0.6) is 11.5 Å². The summed E-state index contributed by atoms with van der Waals surface area (Å²) in [6.45, 7) is 5.75. The van der Waals surface area contributed by atoms with Gasteiger partial charge in [-0.05, 0) is 39.3 Å². The normalized spacial score (nSPS) is 19.7. The average molecular weight is 482 g/mol. The molecular formula is C24H30F3N3O4. The molecular weight excluding hydrogens is 451 g/mol. The van der Waals surface area contributed by atoms with E-state index in [9.17, 15) is 19.0 Å². The summed E-state index contributed by atoms with van der Waals surface area (Å²) in [5, 5.41) is 23.8. The maximum atomic E-state index is 15.3. The van der Waals surface area contributed by atoms with Gasteiger partial charge in [-0.3, -0.25) is 0 Å². The number of methoxy groups -OCH3 is 1. The predicted molar refractivity (Wildman–Crippen MR) is 123 cm³/mol. The van der Waals surface area contributed by atoms with Crippen LogP contribution in [0.1, 0.15) is 26.6 Å². The van der Waals surface area contributed by atoms with Crippen LogP contribution in [0, 0.1) is 12.8 Å². The molecule has 0 saturated carbocycles. The number of benzene rings is 1. The van der Waals surface area contributed by atoms with Gasteiger partial charge in [0.1, 0.15) is 30.0 Å². The Balaban J connectivity index is 1.92. The highest BCUT2D eigenvalue weighted by Crippen LogP contribution is 2.43. The summed E-state index contributed by atoms with van der Waals surface area (Å²) >= 11 is 0. The Labute approximate surface area is 196 Å². The number of hydrogen-bond donors (Lipinski definition) is 3. The third kappa shape index (κ3) is 5.12. The van der Waals surface area contributed by atoms with Crippen LogP contribution in [0.3, 0.4) is 0 Å². The smallest absolute Gasteiger partial charge is 0.284 e. The van der Waals surface area contributed by atoms with Gasteiger partial charge in [0.2, 0.25) is 0 Å². The van der Waals surface area contributed by atoms with Crippen molar-refractivity contribution in [3.05, 3.63) is 41.8 Å². The number of aliphatic hydroxyl groups is 1. The van der Waals surface area contributed by atoms with Crippen LogP contribution in [-0.4, -0.2) is 64.2 Å². The van der Waals surface area contributed by atoms with Crippen molar-refractivity contribution in [1.82, 2.24) is 9.97 Å². The Hall–Kier alpha value is -2.85. The van der Waals surface area contributed by atoms with E-state index in [1.807, 2.05) is 0 Å². The Kier molecular flexibility index (Phi) is 7.42. The van der Waals surface area contributed by atoms with E-state index < -0.39 is 29.7 Å². The van der Waals surface area contributed by atoms with Crippen molar-refractivity contribution in [3.63, 3.8) is 0 Å². The molecule has 0 radical (unpaired) electrons. The van der Waals surface area contributed by atoms with Crippen molar-refractivity contribution >= 4 is 16.7 Å². The summed E-state index contributed by atoms with van der Waals surface area (Å²) in [7, 11) is 1.53. The third-order valence-corrected chi connectivity index (χ3v) is 5.76. The van der Waals surface area contributed by atoms with E-state index in [0.717, 1.165) is 19.9 Å². The first-order chi connectivity index (χ1) is 15.9. The van der Waals surface area contributed by atoms with Crippen LogP contribution < -0.4 is 10.1 Å². The second kappa shape index (κ2) is 9.79. The Morgan fingerprint density at radius 1 is 1.21 bits per heavy atom. The summed E-state index contributed by atoms with van der Waals surface area (Å²) in [5.41, 5.74) is -1.87. The minimum absolute atomic E-state index is 0.0937. The fourth-order valence-electron chi connectivity index (χ4n) is 3.79. The molecule has 2 unspecified atom stereocenters. The van der Waals surface area contributed by atoms with E-state index in [1.54, 1.807) is 19.9 Å². The van der Waals surface area contributed by atoms with Crippen LogP contribution in [0.15, 0.2) is 35.9 Å². The number of anilines is 1. The lowest BCUT2D eigenvalue weighted by atomic mass is 9.79. The zero-order valence-corrected chi connectivity index (χ0v) is 19.8. The van der Waals surface area contributed by atoms with Gasteiger partial charge in [0.25, 0.3) is 5.92 Å². The molecule has 10 heteroatoms. The summed E-state index contributed by atoms with van der Waals surface area (Å²) in [5.74, 6) is -4.69. The molecule has 2 aromatic rings. The van der Waals surface area contributed by atoms with Gasteiger partial charge < -0.3 is 25.0 Å². The molecule has 3 N–H and O–H groups in total. The number of aromatic hydroxyl groups is 1. The minimum Gasteiger partial charge on any atom is -0.504 e. The van der Waals surface area contributed by atoms with E-state index >= 15 is 4.39 Å². The number of phenols is 1. The zero-order valence-electron chi connectivity index (χ0n) is 19.8. The second-order valence-electron chi connectivity index (χ2n) is 8.82. The number of nitrogens with one attached hydrogen (secondary N) is 1. The summed E-state index contributed by atoms with van der Waals surface area (Å²) in [6, 6.07) is 2.27. The highest BCUT2D eigenvalue weighted by Gasteiger charge is 2.55. The summed E-state index contributed by atoms with van der Waals surface area (Å²) in [4.78, 5) is 8.72. The van der Waals surface area contributed by atoms with E-state index in [2.05, 4.69) is 15.3 Å². The van der Waals surface area contributed by atoms with Crippen LogP contribution in [-0.2, 0) is 4.74 Å². The number of aryl methyl sites for hydroxylation is 1. The highest BCUT2D eigenvalue weighted by molar-refractivity contribution is 5.92. The van der Waals surface area contributed by atoms with Gasteiger partial charge in [-0.1, -0.05) is 18.2 Å². The molecule has 0 fully saturated rings. The second-order valence-corrected chi connectivity index (χ2v) is 8.82. The molecule has 0 amide bonds. The van der Waals surface area contributed by atoms with Crippen molar-refractivity contribution in [2.75, 3.05) is 25.6 Å². The molecule has 34 heavy (non-hydrogen) atoms.